The van der Waals surface area contributed by atoms with Crippen LogP contribution in [0.2, 0.25) is 0 Å². The van der Waals surface area contributed by atoms with Gasteiger partial charge in [-0.3, -0.25) is 0 Å². The molecule has 2 heteroatoms. The third-order valence-corrected chi connectivity index (χ3v) is 12.0. The van der Waals surface area contributed by atoms with Gasteiger partial charge in [0.05, 0.1) is 16.4 Å². The normalized spacial score (nSPS) is 13.8. The molecule has 0 saturated heterocycles. The van der Waals surface area contributed by atoms with E-state index in [0.29, 0.717) is 0 Å². The van der Waals surface area contributed by atoms with Gasteiger partial charge in [-0.25, -0.2) is 0 Å². The minimum Gasteiger partial charge on any atom is -0.309 e. The highest BCUT2D eigenvalue weighted by Crippen LogP contribution is 2.62. The molecule has 0 atom stereocenters. The minimum atomic E-state index is -0.402. The first kappa shape index (κ1) is 27.2. The second-order valence-electron chi connectivity index (χ2n) is 13.2. The van der Waals surface area contributed by atoms with Crippen LogP contribution in [0.3, 0.4) is 0 Å². The smallest absolute Gasteiger partial charge is 0.0735 e. The van der Waals surface area contributed by atoms with Gasteiger partial charge in [0.2, 0.25) is 0 Å². The van der Waals surface area contributed by atoms with Gasteiger partial charge in [-0.1, -0.05) is 157 Å². The maximum Gasteiger partial charge on any atom is 0.0735 e. The first-order chi connectivity index (χ1) is 24.3. The molecule has 0 bridgehead atoms. The summed E-state index contributed by atoms with van der Waals surface area (Å²) in [4.78, 5) is 2.63. The van der Waals surface area contributed by atoms with Crippen molar-refractivity contribution in [3.05, 3.63) is 198 Å². The lowest BCUT2D eigenvalue weighted by molar-refractivity contribution is 0.724. The SMILES string of the molecule is c1ccc(-c2ccc(-n3c4cc5c(cc4c4ccc6ccccc6c43)C3(c4ccccc4S5)c4ccccc4-c4ccccc43)cc2)cc1. The molecule has 0 saturated carbocycles. The zero-order valence-electron chi connectivity index (χ0n) is 26.6. The zero-order chi connectivity index (χ0) is 32.1. The summed E-state index contributed by atoms with van der Waals surface area (Å²) in [5.41, 5.74) is 13.9. The van der Waals surface area contributed by atoms with Crippen LogP contribution in [0.1, 0.15) is 22.3 Å². The topological polar surface area (TPSA) is 4.93 Å². The Balaban J connectivity index is 1.26. The third kappa shape index (κ3) is 3.62. The van der Waals surface area contributed by atoms with Crippen LogP contribution in [-0.4, -0.2) is 4.57 Å². The number of fused-ring (bicyclic) bond motifs is 14. The lowest BCUT2D eigenvalue weighted by Crippen LogP contribution is -2.31. The van der Waals surface area contributed by atoms with Crippen LogP contribution in [0.5, 0.6) is 0 Å². The third-order valence-electron chi connectivity index (χ3n) is 10.9. The standard InChI is InChI=1S/C47H29NS/c1-2-12-30(13-3-1)31-22-25-33(26-23-31)48-43-29-45-42(28-38(43)37-27-24-32-14-4-5-15-34(32)46(37)48)47(41-20-10-11-21-44(41)49-45)39-18-8-6-16-35(39)36-17-7-9-19-40(36)47/h1-29H. The second-order valence-corrected chi connectivity index (χ2v) is 14.3. The molecule has 228 valence electrons. The molecule has 11 rings (SSSR count). The van der Waals surface area contributed by atoms with Crippen LogP contribution in [-0.2, 0) is 5.41 Å². The van der Waals surface area contributed by atoms with Crippen LogP contribution in [0.25, 0.3) is 60.5 Å². The van der Waals surface area contributed by atoms with Crippen molar-refractivity contribution < 1.29 is 0 Å². The van der Waals surface area contributed by atoms with E-state index in [2.05, 4.69) is 180 Å². The average Bonchev–Trinajstić information content (AvgIpc) is 3.65. The molecule has 0 amide bonds. The quantitative estimate of drug-likeness (QED) is 0.182. The van der Waals surface area contributed by atoms with Gasteiger partial charge in [0.1, 0.15) is 0 Å². The summed E-state index contributed by atoms with van der Waals surface area (Å²) >= 11 is 1.91. The molecular weight excluding hydrogens is 611 g/mol. The summed E-state index contributed by atoms with van der Waals surface area (Å²) in [7, 11) is 0. The number of benzene rings is 8. The molecule has 0 radical (unpaired) electrons. The van der Waals surface area contributed by atoms with Crippen molar-refractivity contribution in [2.75, 3.05) is 0 Å². The van der Waals surface area contributed by atoms with E-state index >= 15 is 0 Å². The maximum atomic E-state index is 2.54. The van der Waals surface area contributed by atoms with Gasteiger partial charge in [-0.15, -0.1) is 0 Å². The van der Waals surface area contributed by atoms with Gasteiger partial charge in [-0.05, 0) is 80.2 Å². The van der Waals surface area contributed by atoms with Crippen molar-refractivity contribution in [1.29, 1.82) is 0 Å². The zero-order valence-corrected chi connectivity index (χ0v) is 27.4. The number of rotatable bonds is 2. The summed E-state index contributed by atoms with van der Waals surface area (Å²) in [5, 5.41) is 5.08. The van der Waals surface area contributed by atoms with Gasteiger partial charge in [0, 0.05) is 31.6 Å². The Labute approximate surface area is 289 Å². The highest BCUT2D eigenvalue weighted by Gasteiger charge is 2.50. The van der Waals surface area contributed by atoms with E-state index in [9.17, 15) is 0 Å². The van der Waals surface area contributed by atoms with Crippen LogP contribution in [0, 0.1) is 0 Å². The Kier molecular flexibility index (Phi) is 5.59. The van der Waals surface area contributed by atoms with Crippen LogP contribution >= 0.6 is 11.8 Å². The summed E-state index contributed by atoms with van der Waals surface area (Å²) in [6.07, 6.45) is 0. The first-order valence-corrected chi connectivity index (χ1v) is 17.8. The Morgan fingerprint density at radius 3 is 1.82 bits per heavy atom. The Morgan fingerprint density at radius 2 is 1.04 bits per heavy atom. The lowest BCUT2D eigenvalue weighted by atomic mass is 9.67. The predicted molar refractivity (Wildman–Crippen MR) is 205 cm³/mol. The van der Waals surface area contributed by atoms with E-state index in [1.54, 1.807) is 0 Å². The molecule has 0 unspecified atom stereocenters. The number of nitrogens with zero attached hydrogens (tertiary/aromatic N) is 1. The molecule has 0 N–H and O–H groups in total. The molecule has 2 aliphatic rings. The summed E-state index contributed by atoms with van der Waals surface area (Å²) in [6.45, 7) is 0. The molecule has 8 aromatic carbocycles. The molecule has 1 spiro atoms. The fraction of sp³-hybridized carbons (Fsp3) is 0.0213. The Bertz CT molecular complexity index is 2740. The van der Waals surface area contributed by atoms with Gasteiger partial charge >= 0.3 is 0 Å². The van der Waals surface area contributed by atoms with Crippen molar-refractivity contribution >= 4 is 44.3 Å². The summed E-state index contributed by atoms with van der Waals surface area (Å²) in [6, 6.07) is 65.4. The molecule has 1 aromatic heterocycles. The maximum absolute atomic E-state index is 2.54. The minimum absolute atomic E-state index is 0.402. The molecule has 1 nitrogen and oxygen atoms in total. The lowest BCUT2D eigenvalue weighted by Gasteiger charge is -2.39. The van der Waals surface area contributed by atoms with Gasteiger partial charge < -0.3 is 4.57 Å². The van der Waals surface area contributed by atoms with Gasteiger partial charge in [0.25, 0.3) is 0 Å². The molecule has 49 heavy (non-hydrogen) atoms. The van der Waals surface area contributed by atoms with E-state index in [-0.39, 0.29) is 0 Å². The second kappa shape index (κ2) is 10.1. The van der Waals surface area contributed by atoms with Crippen LogP contribution in [0.15, 0.2) is 186 Å². The molecule has 0 fully saturated rings. The van der Waals surface area contributed by atoms with Crippen molar-refractivity contribution in [2.24, 2.45) is 0 Å². The fourth-order valence-corrected chi connectivity index (χ4v) is 10.0. The Morgan fingerprint density at radius 1 is 0.408 bits per heavy atom. The fourth-order valence-electron chi connectivity index (χ4n) is 8.83. The molecular formula is C47H29NS. The first-order valence-electron chi connectivity index (χ1n) is 16.9. The number of aromatic nitrogens is 1. The van der Waals surface area contributed by atoms with Crippen molar-refractivity contribution in [1.82, 2.24) is 4.57 Å². The highest BCUT2D eigenvalue weighted by molar-refractivity contribution is 7.99. The van der Waals surface area contributed by atoms with E-state index in [0.717, 1.165) is 0 Å². The summed E-state index contributed by atoms with van der Waals surface area (Å²) in [5.74, 6) is 0. The van der Waals surface area contributed by atoms with Crippen molar-refractivity contribution in [2.45, 2.75) is 15.2 Å². The van der Waals surface area contributed by atoms with Crippen molar-refractivity contribution in [3.63, 3.8) is 0 Å². The summed E-state index contributed by atoms with van der Waals surface area (Å²) < 4.78 is 2.51. The molecule has 1 aliphatic heterocycles. The monoisotopic (exact) mass is 639 g/mol. The van der Waals surface area contributed by atoms with Crippen molar-refractivity contribution in [3.8, 4) is 27.9 Å². The van der Waals surface area contributed by atoms with Crippen LogP contribution < -0.4 is 0 Å². The van der Waals surface area contributed by atoms with E-state index in [4.69, 9.17) is 0 Å². The molecule has 9 aromatic rings. The molecule has 1 aliphatic carbocycles. The van der Waals surface area contributed by atoms with Gasteiger partial charge in [0.15, 0.2) is 0 Å². The van der Waals surface area contributed by atoms with E-state index in [1.165, 1.54) is 92.6 Å². The average molecular weight is 640 g/mol. The number of hydrogen-bond donors (Lipinski definition) is 0. The predicted octanol–water partition coefficient (Wildman–Crippen LogP) is 12.4. The van der Waals surface area contributed by atoms with Gasteiger partial charge in [-0.2, -0.15) is 0 Å². The number of hydrogen-bond acceptors (Lipinski definition) is 1. The molecule has 2 heterocycles. The van der Waals surface area contributed by atoms with E-state index in [1.807, 2.05) is 11.8 Å². The van der Waals surface area contributed by atoms with E-state index < -0.39 is 5.41 Å². The van der Waals surface area contributed by atoms with Crippen LogP contribution in [0.4, 0.5) is 0 Å². The Hall–Kier alpha value is -5.83. The highest BCUT2D eigenvalue weighted by atomic mass is 32.2. The largest absolute Gasteiger partial charge is 0.309 e.